The molecule has 6 rings (SSSR count). The summed E-state index contributed by atoms with van der Waals surface area (Å²) in [5, 5.41) is 13.0. The number of nitrogens with one attached hydrogen (secondary N) is 1. The Kier molecular flexibility index (Phi) is 4.66. The summed E-state index contributed by atoms with van der Waals surface area (Å²) in [6.07, 6.45) is 10.6. The van der Waals surface area contributed by atoms with Gasteiger partial charge < -0.3 is 5.32 Å². The number of carbonyl (C=O) groups excluding carboxylic acids is 1. The fraction of sp³-hybridized carbons (Fsp3) is 0.700. The zero-order chi connectivity index (χ0) is 20.2. The SMILES string of the molecule is Cc1nn(CCCNC(=O)C23CC4CC(C2)CC(n2cnc(Cl)n2)(C4)C3)cc1Cl. The van der Waals surface area contributed by atoms with E-state index in [9.17, 15) is 4.79 Å². The molecule has 1 N–H and O–H groups in total. The number of carbonyl (C=O) groups is 1. The number of amides is 1. The van der Waals surface area contributed by atoms with Crippen molar-refractivity contribution in [2.75, 3.05) is 6.54 Å². The van der Waals surface area contributed by atoms with Crippen molar-refractivity contribution in [1.29, 1.82) is 0 Å². The zero-order valence-corrected chi connectivity index (χ0v) is 18.1. The van der Waals surface area contributed by atoms with E-state index in [0.29, 0.717) is 23.4 Å². The topological polar surface area (TPSA) is 77.6 Å². The molecule has 2 unspecified atom stereocenters. The van der Waals surface area contributed by atoms with Gasteiger partial charge in [-0.15, -0.1) is 5.10 Å². The fourth-order valence-electron chi connectivity index (χ4n) is 6.46. The highest BCUT2D eigenvalue weighted by Gasteiger charge is 2.61. The number of rotatable bonds is 6. The minimum atomic E-state index is -0.284. The Morgan fingerprint density at radius 1 is 1.24 bits per heavy atom. The summed E-state index contributed by atoms with van der Waals surface area (Å²) in [4.78, 5) is 17.5. The van der Waals surface area contributed by atoms with Gasteiger partial charge in [-0.3, -0.25) is 9.48 Å². The zero-order valence-electron chi connectivity index (χ0n) is 16.6. The molecule has 4 bridgehead atoms. The predicted octanol–water partition coefficient (Wildman–Crippen LogP) is 3.59. The first kappa shape index (κ1) is 19.4. The maximum absolute atomic E-state index is 13.3. The Morgan fingerprint density at radius 2 is 2.00 bits per heavy atom. The van der Waals surface area contributed by atoms with Crippen LogP contribution in [0.15, 0.2) is 12.5 Å². The summed E-state index contributed by atoms with van der Waals surface area (Å²) in [7, 11) is 0. The van der Waals surface area contributed by atoms with E-state index in [1.165, 1.54) is 6.42 Å². The lowest BCUT2D eigenvalue weighted by molar-refractivity contribution is -0.156. The molecule has 29 heavy (non-hydrogen) atoms. The van der Waals surface area contributed by atoms with Gasteiger partial charge in [-0.2, -0.15) is 5.10 Å². The van der Waals surface area contributed by atoms with Crippen molar-refractivity contribution >= 4 is 29.1 Å². The Hall–Kier alpha value is -1.60. The van der Waals surface area contributed by atoms with Crippen LogP contribution in [0.4, 0.5) is 0 Å². The molecule has 0 aromatic carbocycles. The minimum absolute atomic E-state index is 0.106. The highest BCUT2D eigenvalue weighted by atomic mass is 35.5. The lowest BCUT2D eigenvalue weighted by Crippen LogP contribution is -2.61. The molecule has 2 aromatic rings. The van der Waals surface area contributed by atoms with E-state index in [-0.39, 0.29) is 22.1 Å². The summed E-state index contributed by atoms with van der Waals surface area (Å²) in [6, 6.07) is 0. The van der Waals surface area contributed by atoms with E-state index >= 15 is 0 Å². The molecule has 0 saturated heterocycles. The van der Waals surface area contributed by atoms with Crippen LogP contribution in [0.25, 0.3) is 0 Å². The molecule has 7 nitrogen and oxygen atoms in total. The third kappa shape index (κ3) is 3.36. The van der Waals surface area contributed by atoms with Crippen molar-refractivity contribution in [3.05, 3.63) is 28.5 Å². The molecular weight excluding hydrogens is 411 g/mol. The van der Waals surface area contributed by atoms with Crippen molar-refractivity contribution in [3.8, 4) is 0 Å². The second-order valence-electron chi connectivity index (χ2n) is 9.36. The average molecular weight is 437 g/mol. The molecule has 2 atom stereocenters. The minimum Gasteiger partial charge on any atom is -0.356 e. The first-order valence-electron chi connectivity index (χ1n) is 10.4. The van der Waals surface area contributed by atoms with Gasteiger partial charge in [0.1, 0.15) is 6.33 Å². The lowest BCUT2D eigenvalue weighted by Gasteiger charge is -2.60. The molecule has 0 radical (unpaired) electrons. The maximum atomic E-state index is 13.3. The highest BCUT2D eigenvalue weighted by molar-refractivity contribution is 6.31. The van der Waals surface area contributed by atoms with Gasteiger partial charge in [0.2, 0.25) is 11.2 Å². The number of hydrogen-bond acceptors (Lipinski definition) is 4. The molecule has 4 aliphatic carbocycles. The van der Waals surface area contributed by atoms with Crippen molar-refractivity contribution in [2.24, 2.45) is 17.3 Å². The summed E-state index contributed by atoms with van der Waals surface area (Å²) in [6.45, 7) is 3.29. The molecule has 9 heteroatoms. The molecule has 1 amide bonds. The number of halogens is 2. The summed E-state index contributed by atoms with van der Waals surface area (Å²) < 4.78 is 3.80. The molecular formula is C20H26Cl2N6O. The largest absolute Gasteiger partial charge is 0.356 e. The lowest BCUT2D eigenvalue weighted by atomic mass is 9.46. The number of aryl methyl sites for hydroxylation is 2. The van der Waals surface area contributed by atoms with E-state index in [1.807, 2.05) is 22.5 Å². The standard InChI is InChI=1S/C20H26Cl2N6O/c1-13-16(21)10-27(25-13)4-2-3-23-17(29)19-6-14-5-15(7-19)9-20(8-14,11-19)28-12-24-18(22)26-28/h10,12,14-15H,2-9,11H2,1H3,(H,23,29). The first-order chi connectivity index (χ1) is 13.9. The molecule has 2 aromatic heterocycles. The van der Waals surface area contributed by atoms with Gasteiger partial charge in [-0.1, -0.05) is 11.6 Å². The van der Waals surface area contributed by atoms with Gasteiger partial charge in [-0.05, 0) is 75.3 Å². The molecule has 4 saturated carbocycles. The second-order valence-corrected chi connectivity index (χ2v) is 10.1. The highest BCUT2D eigenvalue weighted by Crippen LogP contribution is 2.64. The second kappa shape index (κ2) is 6.98. The summed E-state index contributed by atoms with van der Waals surface area (Å²) in [5.74, 6) is 1.37. The van der Waals surface area contributed by atoms with Crippen LogP contribution in [0.5, 0.6) is 0 Å². The van der Waals surface area contributed by atoms with Crippen molar-refractivity contribution < 1.29 is 4.79 Å². The normalized spacial score (nSPS) is 32.7. The summed E-state index contributed by atoms with van der Waals surface area (Å²) >= 11 is 12.1. The van der Waals surface area contributed by atoms with Crippen LogP contribution in [-0.2, 0) is 16.9 Å². The van der Waals surface area contributed by atoms with Crippen LogP contribution in [0.1, 0.15) is 50.6 Å². The maximum Gasteiger partial charge on any atom is 0.242 e. The van der Waals surface area contributed by atoms with E-state index in [4.69, 9.17) is 23.2 Å². The molecule has 4 aliphatic rings. The number of nitrogens with zero attached hydrogens (tertiary/aromatic N) is 5. The number of aromatic nitrogens is 5. The predicted molar refractivity (Wildman–Crippen MR) is 110 cm³/mol. The Bertz CT molecular complexity index is 904. The van der Waals surface area contributed by atoms with Gasteiger partial charge >= 0.3 is 0 Å². The van der Waals surface area contributed by atoms with E-state index in [0.717, 1.165) is 50.8 Å². The monoisotopic (exact) mass is 436 g/mol. The third-order valence-electron chi connectivity index (χ3n) is 7.20. The fourth-order valence-corrected chi connectivity index (χ4v) is 6.73. The van der Waals surface area contributed by atoms with Crippen molar-refractivity contribution in [2.45, 2.75) is 64.0 Å². The average Bonchev–Trinajstić information content (AvgIpc) is 3.23. The third-order valence-corrected chi connectivity index (χ3v) is 7.74. The molecule has 156 valence electrons. The molecule has 0 spiro atoms. The van der Waals surface area contributed by atoms with E-state index < -0.39 is 0 Å². The van der Waals surface area contributed by atoms with Crippen molar-refractivity contribution in [1.82, 2.24) is 29.9 Å². The van der Waals surface area contributed by atoms with Gasteiger partial charge in [0, 0.05) is 19.3 Å². The van der Waals surface area contributed by atoms with Crippen LogP contribution in [0, 0.1) is 24.2 Å². The van der Waals surface area contributed by atoms with Crippen LogP contribution in [0.2, 0.25) is 10.3 Å². The smallest absolute Gasteiger partial charge is 0.242 e. The Morgan fingerprint density at radius 3 is 2.62 bits per heavy atom. The van der Waals surface area contributed by atoms with Gasteiger partial charge in [0.15, 0.2) is 0 Å². The molecule has 0 aliphatic heterocycles. The van der Waals surface area contributed by atoms with E-state index in [2.05, 4.69) is 20.5 Å². The van der Waals surface area contributed by atoms with Gasteiger partial charge in [-0.25, -0.2) is 9.67 Å². The van der Waals surface area contributed by atoms with Gasteiger partial charge in [0.25, 0.3) is 0 Å². The Balaban J connectivity index is 1.25. The van der Waals surface area contributed by atoms with Gasteiger partial charge in [0.05, 0.1) is 21.7 Å². The van der Waals surface area contributed by atoms with Crippen LogP contribution < -0.4 is 5.32 Å². The van der Waals surface area contributed by atoms with E-state index in [1.54, 1.807) is 6.33 Å². The molecule has 4 fully saturated rings. The number of hydrogen-bond donors (Lipinski definition) is 1. The van der Waals surface area contributed by atoms with Crippen LogP contribution >= 0.6 is 23.2 Å². The Labute approximate surface area is 180 Å². The van der Waals surface area contributed by atoms with Crippen LogP contribution in [0.3, 0.4) is 0 Å². The first-order valence-corrected chi connectivity index (χ1v) is 11.2. The van der Waals surface area contributed by atoms with Crippen LogP contribution in [-0.4, -0.2) is 37.0 Å². The quantitative estimate of drug-likeness (QED) is 0.701. The summed E-state index contributed by atoms with van der Waals surface area (Å²) in [5.41, 5.74) is 0.446. The van der Waals surface area contributed by atoms with Crippen molar-refractivity contribution in [3.63, 3.8) is 0 Å². The molecule has 2 heterocycles.